The molecule has 0 aliphatic heterocycles. The second-order valence-electron chi connectivity index (χ2n) is 5.92. The summed E-state index contributed by atoms with van der Waals surface area (Å²) in [6, 6.07) is 3.61. The van der Waals surface area contributed by atoms with Crippen LogP contribution in [-0.4, -0.2) is 27.6 Å². The normalized spacial score (nSPS) is 25.5. The first-order valence-electron chi connectivity index (χ1n) is 7.50. The minimum atomic E-state index is -0.311. The molecule has 2 heterocycles. The quantitative estimate of drug-likeness (QED) is 0.874. The summed E-state index contributed by atoms with van der Waals surface area (Å²) in [7, 11) is 0. The second-order valence-corrected chi connectivity index (χ2v) is 5.92. The second kappa shape index (κ2) is 5.36. The van der Waals surface area contributed by atoms with E-state index in [1.54, 1.807) is 18.5 Å². The molecule has 0 radical (unpaired) electrons. The standard InChI is InChI=1S/C16H16N4O2/c21-15(18-9-13-7-10-3-4-11(13)6-10)16-19-14(20-22-16)12-2-1-5-17-8-12/h1-5,8,10-11,13H,6-7,9H2,(H,18,21)/t10-,11-,13-/m0/s1. The van der Waals surface area contributed by atoms with E-state index in [9.17, 15) is 4.79 Å². The number of allylic oxidation sites excluding steroid dienone is 2. The number of nitrogens with one attached hydrogen (secondary N) is 1. The Hall–Kier alpha value is -2.50. The number of aromatic nitrogens is 3. The molecule has 2 aliphatic carbocycles. The molecule has 1 fully saturated rings. The summed E-state index contributed by atoms with van der Waals surface area (Å²) in [6.45, 7) is 0.662. The van der Waals surface area contributed by atoms with E-state index in [2.05, 4.69) is 32.6 Å². The lowest BCUT2D eigenvalue weighted by atomic mass is 9.94. The minimum absolute atomic E-state index is 0.00227. The van der Waals surface area contributed by atoms with Crippen LogP contribution in [0.2, 0.25) is 0 Å². The van der Waals surface area contributed by atoms with Crippen LogP contribution in [0, 0.1) is 17.8 Å². The zero-order valence-electron chi connectivity index (χ0n) is 12.0. The number of amides is 1. The van der Waals surface area contributed by atoms with Crippen LogP contribution in [0.15, 0.2) is 41.2 Å². The highest BCUT2D eigenvalue weighted by Crippen LogP contribution is 2.42. The van der Waals surface area contributed by atoms with Gasteiger partial charge in [0.15, 0.2) is 0 Å². The van der Waals surface area contributed by atoms with Crippen molar-refractivity contribution in [3.8, 4) is 11.4 Å². The van der Waals surface area contributed by atoms with Gasteiger partial charge in [-0.3, -0.25) is 9.78 Å². The summed E-state index contributed by atoms with van der Waals surface area (Å²) in [4.78, 5) is 20.2. The third-order valence-electron chi connectivity index (χ3n) is 4.48. The Balaban J connectivity index is 1.39. The topological polar surface area (TPSA) is 80.9 Å². The summed E-state index contributed by atoms with van der Waals surface area (Å²) in [5, 5.41) is 6.73. The fourth-order valence-electron chi connectivity index (χ4n) is 3.36. The van der Waals surface area contributed by atoms with Gasteiger partial charge in [0.2, 0.25) is 5.82 Å². The van der Waals surface area contributed by atoms with Gasteiger partial charge < -0.3 is 9.84 Å². The third-order valence-corrected chi connectivity index (χ3v) is 4.48. The molecule has 2 aliphatic rings. The zero-order chi connectivity index (χ0) is 14.9. The van der Waals surface area contributed by atoms with Crippen LogP contribution in [-0.2, 0) is 0 Å². The van der Waals surface area contributed by atoms with Gasteiger partial charge >= 0.3 is 11.8 Å². The number of carbonyl (C=O) groups excluding carboxylic acids is 1. The molecule has 2 aromatic heterocycles. The molecule has 0 spiro atoms. The molecule has 0 unspecified atom stereocenters. The Kier molecular flexibility index (Phi) is 3.21. The van der Waals surface area contributed by atoms with Crippen LogP contribution in [0.1, 0.15) is 23.5 Å². The molecule has 3 atom stereocenters. The Morgan fingerprint density at radius 2 is 2.32 bits per heavy atom. The van der Waals surface area contributed by atoms with E-state index in [1.807, 2.05) is 6.07 Å². The van der Waals surface area contributed by atoms with Gasteiger partial charge in [0.05, 0.1) is 0 Å². The first-order valence-corrected chi connectivity index (χ1v) is 7.50. The van der Waals surface area contributed by atoms with Gasteiger partial charge in [0.25, 0.3) is 0 Å². The summed E-state index contributed by atoms with van der Waals surface area (Å²) in [5.74, 6) is 1.90. The van der Waals surface area contributed by atoms with Crippen molar-refractivity contribution in [2.45, 2.75) is 12.8 Å². The average Bonchev–Trinajstić information content (AvgIpc) is 3.29. The number of fused-ring (bicyclic) bond motifs is 2. The highest BCUT2D eigenvalue weighted by Gasteiger charge is 2.35. The first kappa shape index (κ1) is 13.2. The van der Waals surface area contributed by atoms with Gasteiger partial charge in [-0.1, -0.05) is 17.3 Å². The molecule has 112 valence electrons. The molecule has 2 bridgehead atoms. The van der Waals surface area contributed by atoms with Crippen LogP contribution >= 0.6 is 0 Å². The van der Waals surface area contributed by atoms with Crippen LogP contribution in [0.25, 0.3) is 11.4 Å². The molecule has 1 N–H and O–H groups in total. The highest BCUT2D eigenvalue weighted by atomic mass is 16.5. The van der Waals surface area contributed by atoms with E-state index in [0.717, 1.165) is 12.0 Å². The van der Waals surface area contributed by atoms with Crippen LogP contribution < -0.4 is 5.32 Å². The Labute approximate surface area is 127 Å². The smallest absolute Gasteiger partial charge is 0.316 e. The van der Waals surface area contributed by atoms with E-state index < -0.39 is 0 Å². The number of rotatable bonds is 4. The highest BCUT2D eigenvalue weighted by molar-refractivity contribution is 5.89. The molecular weight excluding hydrogens is 280 g/mol. The molecule has 2 aromatic rings. The van der Waals surface area contributed by atoms with Crippen LogP contribution in [0.4, 0.5) is 0 Å². The largest absolute Gasteiger partial charge is 0.348 e. The number of hydrogen-bond acceptors (Lipinski definition) is 5. The summed E-state index contributed by atoms with van der Waals surface area (Å²) < 4.78 is 5.04. The monoisotopic (exact) mass is 296 g/mol. The van der Waals surface area contributed by atoms with Gasteiger partial charge in [-0.2, -0.15) is 4.98 Å². The molecule has 0 aromatic carbocycles. The summed E-state index contributed by atoms with van der Waals surface area (Å²) in [6.07, 6.45) is 10.3. The molecule has 1 saturated carbocycles. The van der Waals surface area contributed by atoms with Crippen LogP contribution in [0.3, 0.4) is 0 Å². The summed E-state index contributed by atoms with van der Waals surface area (Å²) >= 11 is 0. The number of pyridine rings is 1. The lowest BCUT2D eigenvalue weighted by Crippen LogP contribution is -2.31. The number of carbonyl (C=O) groups is 1. The number of hydrogen-bond donors (Lipinski definition) is 1. The Morgan fingerprint density at radius 3 is 3.05 bits per heavy atom. The fourth-order valence-corrected chi connectivity index (χ4v) is 3.36. The van der Waals surface area contributed by atoms with Gasteiger partial charge in [-0.25, -0.2) is 0 Å². The van der Waals surface area contributed by atoms with Crippen LogP contribution in [0.5, 0.6) is 0 Å². The Bertz CT molecular complexity index is 710. The predicted octanol–water partition coefficient (Wildman–Crippen LogP) is 2.07. The van der Waals surface area contributed by atoms with Gasteiger partial charge in [-0.15, -0.1) is 0 Å². The zero-order valence-corrected chi connectivity index (χ0v) is 12.0. The van der Waals surface area contributed by atoms with Crippen molar-refractivity contribution in [3.63, 3.8) is 0 Å². The maximum Gasteiger partial charge on any atom is 0.316 e. The Morgan fingerprint density at radius 1 is 1.36 bits per heavy atom. The molecule has 0 saturated heterocycles. The lowest BCUT2D eigenvalue weighted by Gasteiger charge is -2.17. The molecule has 1 amide bonds. The molecule has 4 rings (SSSR count). The maximum absolute atomic E-state index is 12.1. The van der Waals surface area contributed by atoms with Crippen molar-refractivity contribution in [3.05, 3.63) is 42.6 Å². The first-order chi connectivity index (χ1) is 10.8. The van der Waals surface area contributed by atoms with Crippen molar-refractivity contribution < 1.29 is 9.32 Å². The molecule has 6 heteroatoms. The van der Waals surface area contributed by atoms with Gasteiger partial charge in [-0.05, 0) is 42.7 Å². The van der Waals surface area contributed by atoms with Crippen molar-refractivity contribution in [1.29, 1.82) is 0 Å². The molecule has 6 nitrogen and oxygen atoms in total. The van der Waals surface area contributed by atoms with E-state index in [4.69, 9.17) is 4.52 Å². The van der Waals surface area contributed by atoms with E-state index >= 15 is 0 Å². The van der Waals surface area contributed by atoms with Gasteiger partial charge in [0.1, 0.15) is 0 Å². The SMILES string of the molecule is O=C(NC[C@@H]1C[C@H]2C=C[C@H]1C2)c1nc(-c2cccnc2)no1. The van der Waals surface area contributed by atoms with Crippen molar-refractivity contribution in [2.24, 2.45) is 17.8 Å². The van der Waals surface area contributed by atoms with Crippen molar-refractivity contribution in [2.75, 3.05) is 6.54 Å². The van der Waals surface area contributed by atoms with E-state index in [1.165, 1.54) is 6.42 Å². The maximum atomic E-state index is 12.1. The fraction of sp³-hybridized carbons (Fsp3) is 0.375. The molecular formula is C16H16N4O2. The van der Waals surface area contributed by atoms with E-state index in [0.29, 0.717) is 30.1 Å². The third kappa shape index (κ3) is 2.41. The summed E-state index contributed by atoms with van der Waals surface area (Å²) in [5.41, 5.74) is 0.725. The van der Waals surface area contributed by atoms with Gasteiger partial charge in [0, 0.05) is 24.5 Å². The van der Waals surface area contributed by atoms with Crippen molar-refractivity contribution in [1.82, 2.24) is 20.4 Å². The average molecular weight is 296 g/mol. The van der Waals surface area contributed by atoms with Crippen molar-refractivity contribution >= 4 is 5.91 Å². The lowest BCUT2D eigenvalue weighted by molar-refractivity contribution is 0.0901. The van der Waals surface area contributed by atoms with E-state index in [-0.39, 0.29) is 11.8 Å². The number of nitrogens with zero attached hydrogens (tertiary/aromatic N) is 3. The minimum Gasteiger partial charge on any atom is -0.348 e. The predicted molar refractivity (Wildman–Crippen MR) is 78.7 cm³/mol. The molecule has 22 heavy (non-hydrogen) atoms.